The zero-order valence-electron chi connectivity index (χ0n) is 19.0. The summed E-state index contributed by atoms with van der Waals surface area (Å²) in [5.74, 6) is 0. The summed E-state index contributed by atoms with van der Waals surface area (Å²) >= 11 is 0. The lowest BCUT2D eigenvalue weighted by atomic mass is 10.3. The monoisotopic (exact) mass is 437 g/mol. The van der Waals surface area contributed by atoms with Gasteiger partial charge in [-0.15, -0.1) is 6.58 Å². The molecule has 0 aromatic carbocycles. The van der Waals surface area contributed by atoms with Crippen molar-refractivity contribution < 1.29 is 26.6 Å². The zero-order valence-corrected chi connectivity index (χ0v) is 21.0. The minimum Gasteiger partial charge on any atom is -0.377 e. The van der Waals surface area contributed by atoms with Crippen LogP contribution in [0.25, 0.3) is 0 Å². The van der Waals surface area contributed by atoms with Crippen LogP contribution in [0.1, 0.15) is 40.5 Å². The summed E-state index contributed by atoms with van der Waals surface area (Å²) in [6.45, 7) is 17.0. The maximum Gasteiger partial charge on any atom is 0.500 e. The van der Waals surface area contributed by atoms with Gasteiger partial charge in [0.15, 0.2) is 0 Å². The molecule has 0 aliphatic carbocycles. The standard InChI is InChI=1S/C19H43NO6Si2/c1-8-15-20(16-13-18-27(21-6,23-9-2)24-10-3)17-14-19-28(22-7,25-11-4)26-12-5/h8H,1,9-19H2,2-7H3. The fourth-order valence-electron chi connectivity index (χ4n) is 3.21. The molecule has 0 aromatic heterocycles. The van der Waals surface area contributed by atoms with E-state index in [4.69, 9.17) is 26.6 Å². The van der Waals surface area contributed by atoms with Crippen LogP contribution in [0.15, 0.2) is 12.7 Å². The first kappa shape index (κ1) is 27.9. The van der Waals surface area contributed by atoms with Crippen molar-refractivity contribution in [2.24, 2.45) is 0 Å². The molecule has 0 aliphatic rings. The molecule has 28 heavy (non-hydrogen) atoms. The fourth-order valence-corrected chi connectivity index (χ4v) is 7.77. The smallest absolute Gasteiger partial charge is 0.377 e. The van der Waals surface area contributed by atoms with E-state index in [2.05, 4.69) is 11.5 Å². The molecule has 0 aliphatic heterocycles. The molecule has 0 aromatic rings. The molecular formula is C19H43NO6Si2. The van der Waals surface area contributed by atoms with E-state index < -0.39 is 17.6 Å². The van der Waals surface area contributed by atoms with Crippen LogP contribution >= 0.6 is 0 Å². The van der Waals surface area contributed by atoms with Crippen LogP contribution in [0.4, 0.5) is 0 Å². The second-order valence-corrected chi connectivity index (χ2v) is 12.0. The van der Waals surface area contributed by atoms with E-state index in [9.17, 15) is 0 Å². The Hall–Kier alpha value is -0.106. The summed E-state index contributed by atoms with van der Waals surface area (Å²) in [7, 11) is -1.73. The van der Waals surface area contributed by atoms with Crippen LogP contribution < -0.4 is 0 Å². The highest BCUT2D eigenvalue weighted by Crippen LogP contribution is 2.19. The first-order valence-electron chi connectivity index (χ1n) is 10.5. The van der Waals surface area contributed by atoms with E-state index in [-0.39, 0.29) is 0 Å². The van der Waals surface area contributed by atoms with Gasteiger partial charge in [0.25, 0.3) is 0 Å². The van der Waals surface area contributed by atoms with Crippen molar-refractivity contribution in [1.82, 2.24) is 4.90 Å². The molecule has 0 fully saturated rings. The summed E-state index contributed by atoms with van der Waals surface area (Å²) in [4.78, 5) is 2.38. The molecule has 0 radical (unpaired) electrons. The molecule has 168 valence electrons. The summed E-state index contributed by atoms with van der Waals surface area (Å²) in [5.41, 5.74) is 0. The van der Waals surface area contributed by atoms with Crippen molar-refractivity contribution in [1.29, 1.82) is 0 Å². The number of hydrogen-bond acceptors (Lipinski definition) is 7. The molecule has 0 atom stereocenters. The molecule has 0 saturated heterocycles. The Bertz CT molecular complexity index is 347. The minimum atomic E-state index is -2.55. The first-order chi connectivity index (χ1) is 13.5. The van der Waals surface area contributed by atoms with Gasteiger partial charge >= 0.3 is 17.6 Å². The number of rotatable bonds is 20. The topological polar surface area (TPSA) is 58.6 Å². The van der Waals surface area contributed by atoms with Crippen molar-refractivity contribution in [2.45, 2.75) is 52.6 Å². The van der Waals surface area contributed by atoms with Crippen molar-refractivity contribution >= 4 is 17.6 Å². The molecule has 0 unspecified atom stereocenters. The average molecular weight is 438 g/mol. The van der Waals surface area contributed by atoms with Crippen molar-refractivity contribution in [2.75, 3.05) is 60.3 Å². The molecule has 0 rings (SSSR count). The zero-order chi connectivity index (χ0) is 21.3. The second kappa shape index (κ2) is 16.7. The third-order valence-corrected chi connectivity index (χ3v) is 10.5. The highest BCUT2D eigenvalue weighted by atomic mass is 28.4. The van der Waals surface area contributed by atoms with E-state index in [0.29, 0.717) is 26.4 Å². The Morgan fingerprint density at radius 2 is 1.07 bits per heavy atom. The van der Waals surface area contributed by atoms with E-state index in [1.54, 1.807) is 14.2 Å². The second-order valence-electron chi connectivity index (χ2n) is 6.30. The van der Waals surface area contributed by atoms with E-state index in [0.717, 1.165) is 44.6 Å². The van der Waals surface area contributed by atoms with Gasteiger partial charge in [-0.1, -0.05) is 6.08 Å². The van der Waals surface area contributed by atoms with Gasteiger partial charge < -0.3 is 26.6 Å². The summed E-state index contributed by atoms with van der Waals surface area (Å²) < 4.78 is 34.8. The van der Waals surface area contributed by atoms with Crippen LogP contribution in [0.2, 0.25) is 12.1 Å². The summed E-state index contributed by atoms with van der Waals surface area (Å²) in [6.07, 6.45) is 3.85. The summed E-state index contributed by atoms with van der Waals surface area (Å²) in [5, 5.41) is 0. The van der Waals surface area contributed by atoms with Crippen molar-refractivity contribution in [3.8, 4) is 0 Å². The van der Waals surface area contributed by atoms with Gasteiger partial charge in [-0.05, 0) is 53.6 Å². The highest BCUT2D eigenvalue weighted by molar-refractivity contribution is 6.61. The lowest BCUT2D eigenvalue weighted by Gasteiger charge is -2.29. The quantitative estimate of drug-likeness (QED) is 0.213. The lowest BCUT2D eigenvalue weighted by Crippen LogP contribution is -2.46. The van der Waals surface area contributed by atoms with Gasteiger partial charge in [-0.3, -0.25) is 4.90 Å². The molecule has 9 heteroatoms. The van der Waals surface area contributed by atoms with Crippen LogP contribution in [0, 0.1) is 0 Å². The molecule has 0 spiro atoms. The largest absolute Gasteiger partial charge is 0.500 e. The van der Waals surface area contributed by atoms with Gasteiger partial charge in [0, 0.05) is 59.3 Å². The Morgan fingerprint density at radius 1 is 0.714 bits per heavy atom. The van der Waals surface area contributed by atoms with E-state index in [1.165, 1.54) is 0 Å². The maximum atomic E-state index is 5.87. The number of hydrogen-bond donors (Lipinski definition) is 0. The molecular weight excluding hydrogens is 394 g/mol. The molecule has 0 bridgehead atoms. The van der Waals surface area contributed by atoms with E-state index >= 15 is 0 Å². The molecule has 0 saturated carbocycles. The molecule has 0 amide bonds. The normalized spacial score (nSPS) is 12.7. The average Bonchev–Trinajstić information content (AvgIpc) is 2.68. The fraction of sp³-hybridized carbons (Fsp3) is 0.895. The first-order valence-corrected chi connectivity index (χ1v) is 14.4. The predicted molar refractivity (Wildman–Crippen MR) is 118 cm³/mol. The number of nitrogens with zero attached hydrogens (tertiary/aromatic N) is 1. The van der Waals surface area contributed by atoms with Gasteiger partial charge in [0.1, 0.15) is 0 Å². The predicted octanol–water partition coefficient (Wildman–Crippen LogP) is 3.57. The van der Waals surface area contributed by atoms with Crippen LogP contribution in [-0.4, -0.2) is 82.8 Å². The van der Waals surface area contributed by atoms with Crippen molar-refractivity contribution in [3.05, 3.63) is 12.7 Å². The van der Waals surface area contributed by atoms with Gasteiger partial charge in [0.2, 0.25) is 0 Å². The SMILES string of the molecule is C=CCN(CCC[Si](OC)(OCC)OCC)CCC[Si](OC)(OCC)OCC. The van der Waals surface area contributed by atoms with Gasteiger partial charge in [-0.25, -0.2) is 0 Å². The highest BCUT2D eigenvalue weighted by Gasteiger charge is 2.40. The third-order valence-electron chi connectivity index (χ3n) is 4.38. The Labute approximate surface area is 175 Å². The van der Waals surface area contributed by atoms with E-state index in [1.807, 2.05) is 33.8 Å². The van der Waals surface area contributed by atoms with Crippen LogP contribution in [0.5, 0.6) is 0 Å². The maximum absolute atomic E-state index is 5.87. The third kappa shape index (κ3) is 10.6. The minimum absolute atomic E-state index is 0.606. The Morgan fingerprint density at radius 3 is 1.32 bits per heavy atom. The lowest BCUT2D eigenvalue weighted by molar-refractivity contribution is 0.0844. The van der Waals surface area contributed by atoms with Gasteiger partial charge in [-0.2, -0.15) is 0 Å². The van der Waals surface area contributed by atoms with Crippen LogP contribution in [-0.2, 0) is 26.6 Å². The van der Waals surface area contributed by atoms with Crippen molar-refractivity contribution in [3.63, 3.8) is 0 Å². The molecule has 0 N–H and O–H groups in total. The molecule has 7 nitrogen and oxygen atoms in total. The Kier molecular flexibility index (Phi) is 16.6. The summed E-state index contributed by atoms with van der Waals surface area (Å²) in [6, 6.07) is 1.63. The Balaban J connectivity index is 4.63. The van der Waals surface area contributed by atoms with Crippen LogP contribution in [0.3, 0.4) is 0 Å². The molecule has 0 heterocycles. The van der Waals surface area contributed by atoms with Gasteiger partial charge in [0.05, 0.1) is 0 Å².